The van der Waals surface area contributed by atoms with Gasteiger partial charge >= 0.3 is 0 Å². The second-order valence-electron chi connectivity index (χ2n) is 4.65. The molecule has 0 aliphatic carbocycles. The lowest BCUT2D eigenvalue weighted by atomic mass is 10.1. The SMILES string of the molecule is C[C@@H]1CN(Cc2ccccc2)C[C@@H](C)N1.Cl. The topological polar surface area (TPSA) is 15.3 Å². The molecule has 2 rings (SSSR count). The summed E-state index contributed by atoms with van der Waals surface area (Å²) in [5, 5.41) is 3.55. The van der Waals surface area contributed by atoms with E-state index in [2.05, 4.69) is 54.4 Å². The number of nitrogens with one attached hydrogen (secondary N) is 1. The van der Waals surface area contributed by atoms with Gasteiger partial charge in [-0.3, -0.25) is 4.90 Å². The maximum atomic E-state index is 3.55. The minimum atomic E-state index is 0. The average molecular weight is 241 g/mol. The van der Waals surface area contributed by atoms with Gasteiger partial charge in [0.15, 0.2) is 0 Å². The molecule has 3 heteroatoms. The van der Waals surface area contributed by atoms with E-state index in [1.807, 2.05) is 0 Å². The summed E-state index contributed by atoms with van der Waals surface area (Å²) in [6.45, 7) is 7.90. The molecule has 1 heterocycles. The highest BCUT2D eigenvalue weighted by atomic mass is 35.5. The number of nitrogens with zero attached hydrogens (tertiary/aromatic N) is 1. The van der Waals surface area contributed by atoms with E-state index >= 15 is 0 Å². The summed E-state index contributed by atoms with van der Waals surface area (Å²) < 4.78 is 0. The predicted molar refractivity (Wildman–Crippen MR) is 71.0 cm³/mol. The van der Waals surface area contributed by atoms with E-state index < -0.39 is 0 Å². The molecule has 1 fully saturated rings. The Hall–Kier alpha value is -0.570. The smallest absolute Gasteiger partial charge is 0.0235 e. The Kier molecular flexibility index (Phi) is 5.26. The van der Waals surface area contributed by atoms with Gasteiger partial charge in [-0.15, -0.1) is 12.4 Å². The van der Waals surface area contributed by atoms with Crippen LogP contribution in [0, 0.1) is 0 Å². The first-order valence-electron chi connectivity index (χ1n) is 5.76. The summed E-state index contributed by atoms with van der Waals surface area (Å²) in [5.74, 6) is 0. The molecular formula is C13H21ClN2. The van der Waals surface area contributed by atoms with Gasteiger partial charge in [0.2, 0.25) is 0 Å². The molecule has 1 saturated heterocycles. The van der Waals surface area contributed by atoms with Crippen molar-refractivity contribution in [3.63, 3.8) is 0 Å². The average Bonchev–Trinajstić information content (AvgIpc) is 2.17. The maximum Gasteiger partial charge on any atom is 0.0235 e. The quantitative estimate of drug-likeness (QED) is 0.854. The van der Waals surface area contributed by atoms with Crippen molar-refractivity contribution in [1.82, 2.24) is 10.2 Å². The van der Waals surface area contributed by atoms with E-state index in [4.69, 9.17) is 0 Å². The van der Waals surface area contributed by atoms with Gasteiger partial charge in [0, 0.05) is 31.7 Å². The van der Waals surface area contributed by atoms with Gasteiger partial charge in [-0.05, 0) is 19.4 Å². The number of rotatable bonds is 2. The van der Waals surface area contributed by atoms with Crippen molar-refractivity contribution in [2.45, 2.75) is 32.5 Å². The fraction of sp³-hybridized carbons (Fsp3) is 0.538. The predicted octanol–water partition coefficient (Wildman–Crippen LogP) is 2.29. The van der Waals surface area contributed by atoms with Crippen LogP contribution >= 0.6 is 12.4 Å². The van der Waals surface area contributed by atoms with Crippen molar-refractivity contribution in [2.75, 3.05) is 13.1 Å². The molecule has 90 valence electrons. The van der Waals surface area contributed by atoms with Crippen LogP contribution in [0.5, 0.6) is 0 Å². The molecule has 1 N–H and O–H groups in total. The number of hydrogen-bond donors (Lipinski definition) is 1. The number of hydrogen-bond acceptors (Lipinski definition) is 2. The lowest BCUT2D eigenvalue weighted by molar-refractivity contribution is 0.166. The van der Waals surface area contributed by atoms with Crippen LogP contribution in [0.2, 0.25) is 0 Å². The van der Waals surface area contributed by atoms with E-state index in [0.717, 1.165) is 19.6 Å². The summed E-state index contributed by atoms with van der Waals surface area (Å²) in [7, 11) is 0. The van der Waals surface area contributed by atoms with E-state index in [1.54, 1.807) is 0 Å². The lowest BCUT2D eigenvalue weighted by Gasteiger charge is -2.36. The molecule has 0 radical (unpaired) electrons. The van der Waals surface area contributed by atoms with Crippen LogP contribution in [0.3, 0.4) is 0 Å². The summed E-state index contributed by atoms with van der Waals surface area (Å²) in [6, 6.07) is 11.9. The molecular weight excluding hydrogens is 220 g/mol. The second-order valence-corrected chi connectivity index (χ2v) is 4.65. The van der Waals surface area contributed by atoms with Crippen molar-refractivity contribution in [3.8, 4) is 0 Å². The van der Waals surface area contributed by atoms with Crippen molar-refractivity contribution in [1.29, 1.82) is 0 Å². The van der Waals surface area contributed by atoms with Gasteiger partial charge in [-0.2, -0.15) is 0 Å². The van der Waals surface area contributed by atoms with Gasteiger partial charge in [0.25, 0.3) is 0 Å². The van der Waals surface area contributed by atoms with Gasteiger partial charge in [0.05, 0.1) is 0 Å². The molecule has 0 saturated carbocycles. The zero-order valence-corrected chi connectivity index (χ0v) is 10.8. The number of halogens is 1. The highest BCUT2D eigenvalue weighted by molar-refractivity contribution is 5.85. The largest absolute Gasteiger partial charge is 0.309 e. The third-order valence-electron chi connectivity index (χ3n) is 2.88. The molecule has 0 spiro atoms. The van der Waals surface area contributed by atoms with Gasteiger partial charge < -0.3 is 5.32 Å². The van der Waals surface area contributed by atoms with E-state index in [1.165, 1.54) is 5.56 Å². The summed E-state index contributed by atoms with van der Waals surface area (Å²) in [5.41, 5.74) is 1.42. The Morgan fingerprint density at radius 1 is 1.12 bits per heavy atom. The minimum Gasteiger partial charge on any atom is -0.309 e. The van der Waals surface area contributed by atoms with Crippen molar-refractivity contribution >= 4 is 12.4 Å². The first kappa shape index (κ1) is 13.5. The van der Waals surface area contributed by atoms with Crippen LogP contribution in [0.15, 0.2) is 30.3 Å². The van der Waals surface area contributed by atoms with Gasteiger partial charge in [-0.25, -0.2) is 0 Å². The molecule has 0 amide bonds. The lowest BCUT2D eigenvalue weighted by Crippen LogP contribution is -2.53. The van der Waals surface area contributed by atoms with Crippen molar-refractivity contribution in [3.05, 3.63) is 35.9 Å². The van der Waals surface area contributed by atoms with E-state index in [0.29, 0.717) is 12.1 Å². The van der Waals surface area contributed by atoms with E-state index in [-0.39, 0.29) is 12.4 Å². The zero-order valence-electron chi connectivity index (χ0n) is 10.0. The number of piperazine rings is 1. The van der Waals surface area contributed by atoms with Crippen LogP contribution in [-0.2, 0) is 6.54 Å². The van der Waals surface area contributed by atoms with Crippen LogP contribution in [0.1, 0.15) is 19.4 Å². The normalized spacial score (nSPS) is 26.1. The molecule has 0 unspecified atom stereocenters. The molecule has 1 aliphatic rings. The highest BCUT2D eigenvalue weighted by Gasteiger charge is 2.20. The zero-order chi connectivity index (χ0) is 10.7. The van der Waals surface area contributed by atoms with Crippen molar-refractivity contribution < 1.29 is 0 Å². The minimum absolute atomic E-state index is 0. The molecule has 2 atom stereocenters. The molecule has 0 bridgehead atoms. The third-order valence-corrected chi connectivity index (χ3v) is 2.88. The van der Waals surface area contributed by atoms with Crippen LogP contribution < -0.4 is 5.32 Å². The molecule has 2 nitrogen and oxygen atoms in total. The Bertz CT molecular complexity index is 292. The number of benzene rings is 1. The Morgan fingerprint density at radius 2 is 1.69 bits per heavy atom. The fourth-order valence-electron chi connectivity index (χ4n) is 2.41. The summed E-state index contributed by atoms with van der Waals surface area (Å²) >= 11 is 0. The fourth-order valence-corrected chi connectivity index (χ4v) is 2.41. The highest BCUT2D eigenvalue weighted by Crippen LogP contribution is 2.09. The first-order valence-corrected chi connectivity index (χ1v) is 5.76. The van der Waals surface area contributed by atoms with Crippen LogP contribution in [-0.4, -0.2) is 30.1 Å². The third kappa shape index (κ3) is 3.78. The van der Waals surface area contributed by atoms with Crippen LogP contribution in [0.25, 0.3) is 0 Å². The summed E-state index contributed by atoms with van der Waals surface area (Å²) in [4.78, 5) is 2.53. The molecule has 16 heavy (non-hydrogen) atoms. The second kappa shape index (κ2) is 6.24. The van der Waals surface area contributed by atoms with E-state index in [9.17, 15) is 0 Å². The van der Waals surface area contributed by atoms with Crippen LogP contribution in [0.4, 0.5) is 0 Å². The Labute approximate surface area is 104 Å². The molecule has 1 aromatic carbocycles. The Balaban J connectivity index is 0.00000128. The summed E-state index contributed by atoms with van der Waals surface area (Å²) in [6.07, 6.45) is 0. The molecule has 1 aromatic rings. The van der Waals surface area contributed by atoms with Gasteiger partial charge in [-0.1, -0.05) is 30.3 Å². The maximum absolute atomic E-state index is 3.55. The van der Waals surface area contributed by atoms with Gasteiger partial charge in [0.1, 0.15) is 0 Å². The Morgan fingerprint density at radius 3 is 2.25 bits per heavy atom. The standard InChI is InChI=1S/C13H20N2.ClH/c1-11-8-15(9-12(2)14-11)10-13-6-4-3-5-7-13;/h3-7,11-12,14H,8-10H2,1-2H3;1H/t11-,12-;/m1./s1. The monoisotopic (exact) mass is 240 g/mol. The first-order chi connectivity index (χ1) is 7.24. The molecule has 0 aromatic heterocycles. The molecule has 1 aliphatic heterocycles. The van der Waals surface area contributed by atoms with Crippen molar-refractivity contribution in [2.24, 2.45) is 0 Å².